The van der Waals surface area contributed by atoms with Gasteiger partial charge in [0.2, 0.25) is 23.6 Å². The zero-order valence-corrected chi connectivity index (χ0v) is 18.6. The van der Waals surface area contributed by atoms with Crippen molar-refractivity contribution < 1.29 is 19.2 Å². The largest absolute Gasteiger partial charge is 0.341 e. The Balaban J connectivity index is 1.22. The normalized spacial score (nSPS) is 23.8. The lowest BCUT2D eigenvalue weighted by molar-refractivity contribution is -0.134. The van der Waals surface area contributed by atoms with Gasteiger partial charge in [-0.05, 0) is 11.1 Å². The van der Waals surface area contributed by atoms with E-state index in [1.807, 2.05) is 60.7 Å². The Kier molecular flexibility index (Phi) is 7.01. The molecule has 32 heavy (non-hydrogen) atoms. The summed E-state index contributed by atoms with van der Waals surface area (Å²) in [7, 11) is 2.70. The van der Waals surface area contributed by atoms with Crippen LogP contribution in [0.3, 0.4) is 0 Å². The third-order valence-electron chi connectivity index (χ3n) is 5.05. The maximum Gasteiger partial charge on any atom is 0.246 e. The van der Waals surface area contributed by atoms with Crippen molar-refractivity contribution in [2.45, 2.75) is 35.7 Å². The third-order valence-corrected chi connectivity index (χ3v) is 7.93. The molecule has 0 saturated carbocycles. The fourth-order valence-corrected chi connectivity index (χ4v) is 6.13. The summed E-state index contributed by atoms with van der Waals surface area (Å²) in [5, 5.41) is 10.4. The summed E-state index contributed by atoms with van der Waals surface area (Å²) < 4.78 is 0. The molecule has 4 atom stereocenters. The number of benzene rings is 2. The van der Waals surface area contributed by atoms with Crippen LogP contribution in [0.4, 0.5) is 0 Å². The molecule has 2 heterocycles. The zero-order chi connectivity index (χ0) is 22.5. The Hall–Kier alpha value is -2.98. The second-order valence-corrected chi connectivity index (χ2v) is 10.0. The minimum Gasteiger partial charge on any atom is -0.341 e. The third kappa shape index (κ3) is 5.43. The molecular formula is C22H22N4O4S2. The number of hydrogen-bond donors (Lipinski definition) is 4. The molecule has 0 unspecified atom stereocenters. The molecular weight excluding hydrogens is 448 g/mol. The van der Waals surface area contributed by atoms with Gasteiger partial charge in [0, 0.05) is 0 Å². The van der Waals surface area contributed by atoms with Gasteiger partial charge < -0.3 is 21.3 Å². The van der Waals surface area contributed by atoms with Crippen LogP contribution in [-0.4, -0.2) is 46.5 Å². The second kappa shape index (κ2) is 10.1. The Morgan fingerprint density at radius 2 is 1.06 bits per heavy atom. The molecule has 0 aliphatic carbocycles. The summed E-state index contributed by atoms with van der Waals surface area (Å²) in [5.41, 5.74) is 1.74. The Labute approximate surface area is 193 Å². The molecule has 2 saturated heterocycles. The van der Waals surface area contributed by atoms with Crippen molar-refractivity contribution in [3.8, 4) is 0 Å². The van der Waals surface area contributed by atoms with E-state index < -0.39 is 12.1 Å². The van der Waals surface area contributed by atoms with Gasteiger partial charge in [0.05, 0.1) is 12.8 Å². The smallest absolute Gasteiger partial charge is 0.246 e. The van der Waals surface area contributed by atoms with E-state index in [1.54, 1.807) is 0 Å². The Morgan fingerprint density at radius 1 is 0.688 bits per heavy atom. The van der Waals surface area contributed by atoms with Crippen LogP contribution in [0.15, 0.2) is 60.7 Å². The number of β-lactam (4-membered cyclic amide) rings is 2. The summed E-state index contributed by atoms with van der Waals surface area (Å²) in [6.45, 7) is 0. The lowest BCUT2D eigenvalue weighted by Gasteiger charge is -2.40. The van der Waals surface area contributed by atoms with Crippen molar-refractivity contribution >= 4 is 45.2 Å². The highest BCUT2D eigenvalue weighted by molar-refractivity contribution is 8.77. The minimum atomic E-state index is -0.634. The average Bonchev–Trinajstić information content (AvgIpc) is 2.79. The zero-order valence-electron chi connectivity index (χ0n) is 16.9. The van der Waals surface area contributed by atoms with Crippen LogP contribution < -0.4 is 21.3 Å². The van der Waals surface area contributed by atoms with Crippen molar-refractivity contribution in [3.05, 3.63) is 71.8 Å². The first-order valence-electron chi connectivity index (χ1n) is 10.1. The number of hydrogen-bond acceptors (Lipinski definition) is 6. The molecule has 2 aromatic rings. The van der Waals surface area contributed by atoms with Crippen LogP contribution in [0.25, 0.3) is 0 Å². The number of amides is 4. The molecule has 0 bridgehead atoms. The Morgan fingerprint density at radius 3 is 1.41 bits per heavy atom. The van der Waals surface area contributed by atoms with E-state index in [4.69, 9.17) is 0 Å². The van der Waals surface area contributed by atoms with Gasteiger partial charge in [-0.25, -0.2) is 0 Å². The first-order valence-corrected chi connectivity index (χ1v) is 12.4. The van der Waals surface area contributed by atoms with E-state index in [0.29, 0.717) is 0 Å². The number of carbonyl (C=O) groups is 4. The molecule has 4 amide bonds. The molecule has 8 nitrogen and oxygen atoms in total. The molecule has 0 spiro atoms. The van der Waals surface area contributed by atoms with Crippen LogP contribution in [0.2, 0.25) is 0 Å². The first-order chi connectivity index (χ1) is 15.5. The van der Waals surface area contributed by atoms with E-state index in [9.17, 15) is 19.2 Å². The highest BCUT2D eigenvalue weighted by atomic mass is 33.1. The van der Waals surface area contributed by atoms with Gasteiger partial charge in [-0.3, -0.25) is 19.2 Å². The monoisotopic (exact) mass is 470 g/mol. The van der Waals surface area contributed by atoms with Gasteiger partial charge >= 0.3 is 0 Å². The SMILES string of the molecule is O=C(Cc1ccccc1)N[C@@H]1C(=O)N[C@@H]1SS[C@H]1NC(=O)[C@H]1NC(=O)Cc1ccccc1. The molecule has 2 aliphatic heterocycles. The lowest BCUT2D eigenvalue weighted by atomic mass is 10.1. The van der Waals surface area contributed by atoms with E-state index in [1.165, 1.54) is 21.6 Å². The predicted octanol–water partition coefficient (Wildman–Crippen LogP) is 0.735. The first kappa shape index (κ1) is 22.2. The molecule has 4 rings (SSSR count). The maximum absolute atomic E-state index is 12.3. The molecule has 2 aliphatic rings. The van der Waals surface area contributed by atoms with Crippen LogP contribution in [0, 0.1) is 0 Å². The van der Waals surface area contributed by atoms with Crippen molar-refractivity contribution in [1.82, 2.24) is 21.3 Å². The van der Waals surface area contributed by atoms with Crippen LogP contribution in [0.5, 0.6) is 0 Å². The highest BCUT2D eigenvalue weighted by Gasteiger charge is 2.45. The lowest BCUT2D eigenvalue weighted by Crippen LogP contribution is -2.69. The van der Waals surface area contributed by atoms with Crippen molar-refractivity contribution in [2.75, 3.05) is 0 Å². The summed E-state index contributed by atoms with van der Waals surface area (Å²) >= 11 is 0. The van der Waals surface area contributed by atoms with E-state index in [-0.39, 0.29) is 47.2 Å². The van der Waals surface area contributed by atoms with E-state index in [2.05, 4.69) is 21.3 Å². The fourth-order valence-electron chi connectivity index (χ4n) is 3.28. The summed E-state index contributed by atoms with van der Waals surface area (Å²) in [4.78, 5) is 48.4. The van der Waals surface area contributed by atoms with Gasteiger partial charge in [-0.2, -0.15) is 0 Å². The van der Waals surface area contributed by atoms with Crippen molar-refractivity contribution in [2.24, 2.45) is 0 Å². The van der Waals surface area contributed by atoms with Crippen LogP contribution >= 0.6 is 21.6 Å². The van der Waals surface area contributed by atoms with Gasteiger partial charge in [0.25, 0.3) is 0 Å². The summed E-state index contributed by atoms with van der Waals surface area (Å²) in [6, 6.07) is 17.3. The van der Waals surface area contributed by atoms with Gasteiger partial charge in [-0.15, -0.1) is 0 Å². The summed E-state index contributed by atoms with van der Waals surface area (Å²) in [5.74, 6) is -0.936. The topological polar surface area (TPSA) is 116 Å². The summed E-state index contributed by atoms with van der Waals surface area (Å²) in [6.07, 6.45) is 0.396. The van der Waals surface area contributed by atoms with E-state index in [0.717, 1.165) is 11.1 Å². The molecule has 2 fully saturated rings. The number of rotatable bonds is 9. The minimum absolute atomic E-state index is 0.198. The number of carbonyl (C=O) groups excluding carboxylic acids is 4. The van der Waals surface area contributed by atoms with Crippen molar-refractivity contribution in [3.63, 3.8) is 0 Å². The van der Waals surface area contributed by atoms with Crippen LogP contribution in [0.1, 0.15) is 11.1 Å². The average molecular weight is 471 g/mol. The van der Waals surface area contributed by atoms with Crippen molar-refractivity contribution in [1.29, 1.82) is 0 Å². The molecule has 4 N–H and O–H groups in total. The maximum atomic E-state index is 12.3. The molecule has 2 aromatic carbocycles. The molecule has 166 valence electrons. The Bertz CT molecular complexity index is 924. The fraction of sp³-hybridized carbons (Fsp3) is 0.273. The predicted molar refractivity (Wildman–Crippen MR) is 123 cm³/mol. The van der Waals surface area contributed by atoms with Crippen LogP contribution in [-0.2, 0) is 32.0 Å². The number of nitrogens with one attached hydrogen (secondary N) is 4. The molecule has 10 heteroatoms. The standard InChI is InChI=1S/C22H22N4O4S2/c27-15(11-13-7-3-1-4-8-13)23-17-19(29)25-21(17)31-32-22-18(20(30)26-22)24-16(28)12-14-9-5-2-6-10-14/h1-10,17-18,21-22H,11-12H2,(H,23,27)(H,24,28)(H,25,29)(H,26,30)/t17-,18-,21-,22-/m1/s1. The molecule has 0 aromatic heterocycles. The highest BCUT2D eigenvalue weighted by Crippen LogP contribution is 2.37. The second-order valence-electron chi connectivity index (χ2n) is 7.47. The van der Waals surface area contributed by atoms with Gasteiger partial charge in [0.15, 0.2) is 0 Å². The van der Waals surface area contributed by atoms with E-state index >= 15 is 0 Å². The molecule has 0 radical (unpaired) electrons. The van der Waals surface area contributed by atoms with Gasteiger partial charge in [0.1, 0.15) is 22.8 Å². The van der Waals surface area contributed by atoms with Gasteiger partial charge in [-0.1, -0.05) is 82.3 Å². The quantitative estimate of drug-likeness (QED) is 0.317.